The third kappa shape index (κ3) is 4.09. The number of hydrogen-bond acceptors (Lipinski definition) is 2. The molecule has 0 spiro atoms. The molecule has 0 fully saturated rings. The molecule has 3 rings (SSSR count). The van der Waals surface area contributed by atoms with E-state index in [2.05, 4.69) is 23.1 Å². The number of nitrogens with zero attached hydrogens (tertiary/aromatic N) is 1. The number of benzene rings is 2. The highest BCUT2D eigenvalue weighted by Gasteiger charge is 2.10. The van der Waals surface area contributed by atoms with Crippen molar-refractivity contribution in [1.29, 1.82) is 0 Å². The molecular formula is C18H14Cl2N2O. The van der Waals surface area contributed by atoms with Gasteiger partial charge in [-0.25, -0.2) is 4.98 Å². The molecule has 0 aliphatic rings. The molecule has 0 aliphatic carbocycles. The first kappa shape index (κ1) is 17.0. The first-order valence-corrected chi connectivity index (χ1v) is 7.50. The van der Waals surface area contributed by atoms with E-state index in [1.807, 2.05) is 24.3 Å². The van der Waals surface area contributed by atoms with E-state index in [1.54, 1.807) is 24.3 Å². The monoisotopic (exact) mass is 344 g/mol. The maximum atomic E-state index is 11.6. The number of hydrogen-bond donors (Lipinski definition) is 1. The van der Waals surface area contributed by atoms with Crippen LogP contribution in [-0.2, 0) is 0 Å². The van der Waals surface area contributed by atoms with Crippen LogP contribution >= 0.6 is 23.2 Å². The van der Waals surface area contributed by atoms with Crippen molar-refractivity contribution in [2.24, 2.45) is 0 Å². The zero-order valence-electron chi connectivity index (χ0n) is 12.2. The van der Waals surface area contributed by atoms with Gasteiger partial charge in [0.15, 0.2) is 0 Å². The predicted molar refractivity (Wildman–Crippen MR) is 97.0 cm³/mol. The van der Waals surface area contributed by atoms with Crippen molar-refractivity contribution in [3.05, 3.63) is 88.3 Å². The highest BCUT2D eigenvalue weighted by atomic mass is 35.5. The lowest BCUT2D eigenvalue weighted by Crippen LogP contribution is -2.08. The van der Waals surface area contributed by atoms with Gasteiger partial charge in [0.25, 0.3) is 5.56 Å². The molecule has 3 aromatic rings. The zero-order chi connectivity index (χ0) is 16.8. The van der Waals surface area contributed by atoms with E-state index in [9.17, 15) is 4.79 Å². The average Bonchev–Trinajstić information content (AvgIpc) is 2.58. The Morgan fingerprint density at radius 3 is 1.83 bits per heavy atom. The lowest BCUT2D eigenvalue weighted by atomic mass is 10.0. The van der Waals surface area contributed by atoms with Crippen molar-refractivity contribution in [3.63, 3.8) is 0 Å². The van der Waals surface area contributed by atoms with Gasteiger partial charge in [-0.15, -0.1) is 13.2 Å². The number of aromatic amines is 1. The third-order valence-electron chi connectivity index (χ3n) is 3.05. The van der Waals surface area contributed by atoms with Crippen molar-refractivity contribution >= 4 is 23.2 Å². The van der Waals surface area contributed by atoms with E-state index >= 15 is 0 Å². The summed E-state index contributed by atoms with van der Waals surface area (Å²) in [4.78, 5) is 18.7. The van der Waals surface area contributed by atoms with Gasteiger partial charge in [0, 0.05) is 21.2 Å². The average molecular weight is 345 g/mol. The topological polar surface area (TPSA) is 45.8 Å². The molecular weight excluding hydrogens is 331 g/mol. The molecule has 23 heavy (non-hydrogen) atoms. The smallest absolute Gasteiger partial charge is 0.266 e. The Morgan fingerprint density at radius 2 is 1.30 bits per heavy atom. The molecule has 0 amide bonds. The molecule has 116 valence electrons. The predicted octanol–water partition coefficient (Wildman–Crippen LogP) is 5.21. The van der Waals surface area contributed by atoms with Gasteiger partial charge in [-0.2, -0.15) is 0 Å². The summed E-state index contributed by atoms with van der Waals surface area (Å²) in [5, 5.41) is 1.29. The number of rotatable bonds is 2. The van der Waals surface area contributed by atoms with Crippen molar-refractivity contribution in [1.82, 2.24) is 9.97 Å². The second-order valence-electron chi connectivity index (χ2n) is 4.48. The normalized spacial score (nSPS) is 9.83. The molecule has 5 heteroatoms. The van der Waals surface area contributed by atoms with E-state index in [0.29, 0.717) is 21.4 Å². The van der Waals surface area contributed by atoms with Crippen molar-refractivity contribution in [3.8, 4) is 22.5 Å². The van der Waals surface area contributed by atoms with Crippen LogP contribution in [0.5, 0.6) is 0 Å². The fraction of sp³-hybridized carbons (Fsp3) is 0. The summed E-state index contributed by atoms with van der Waals surface area (Å²) >= 11 is 11.8. The Hall–Kier alpha value is -2.36. The molecule has 3 nitrogen and oxygen atoms in total. The standard InChI is InChI=1S/C16H10Cl2N2O.C2H4/c17-12-5-1-10(2-6-12)15-16(20-14(21)9-19-15)11-3-7-13(18)8-4-11;1-2/h1-9H,(H,20,21);1-2H2. The summed E-state index contributed by atoms with van der Waals surface area (Å²) in [6.07, 6.45) is 1.27. The van der Waals surface area contributed by atoms with Crippen LogP contribution in [0.3, 0.4) is 0 Å². The van der Waals surface area contributed by atoms with E-state index in [1.165, 1.54) is 6.20 Å². The van der Waals surface area contributed by atoms with Crippen LogP contribution in [0.25, 0.3) is 22.5 Å². The summed E-state index contributed by atoms with van der Waals surface area (Å²) in [5.41, 5.74) is 2.81. The fourth-order valence-corrected chi connectivity index (χ4v) is 2.31. The number of nitrogens with one attached hydrogen (secondary N) is 1. The molecule has 0 saturated heterocycles. The quantitative estimate of drug-likeness (QED) is 0.648. The van der Waals surface area contributed by atoms with E-state index < -0.39 is 0 Å². The minimum absolute atomic E-state index is 0.252. The number of halogens is 2. The Balaban J connectivity index is 0.000000924. The fourth-order valence-electron chi connectivity index (χ4n) is 2.05. The minimum Gasteiger partial charge on any atom is -0.319 e. The van der Waals surface area contributed by atoms with Gasteiger partial charge in [-0.1, -0.05) is 47.5 Å². The van der Waals surface area contributed by atoms with Gasteiger partial charge in [0.05, 0.1) is 17.6 Å². The second-order valence-corrected chi connectivity index (χ2v) is 5.36. The van der Waals surface area contributed by atoms with Gasteiger partial charge in [0.2, 0.25) is 0 Å². The van der Waals surface area contributed by atoms with Crippen LogP contribution in [0.2, 0.25) is 10.0 Å². The van der Waals surface area contributed by atoms with Gasteiger partial charge < -0.3 is 4.98 Å². The van der Waals surface area contributed by atoms with Gasteiger partial charge in [-0.3, -0.25) is 4.79 Å². The summed E-state index contributed by atoms with van der Waals surface area (Å²) in [6.45, 7) is 6.00. The summed E-state index contributed by atoms with van der Waals surface area (Å²) in [7, 11) is 0. The molecule has 0 aliphatic heterocycles. The highest BCUT2D eigenvalue weighted by molar-refractivity contribution is 6.31. The summed E-state index contributed by atoms with van der Waals surface area (Å²) in [5.74, 6) is 0. The summed E-state index contributed by atoms with van der Waals surface area (Å²) in [6, 6.07) is 14.5. The summed E-state index contributed by atoms with van der Waals surface area (Å²) < 4.78 is 0. The third-order valence-corrected chi connectivity index (χ3v) is 3.55. The second kappa shape index (κ2) is 7.77. The van der Waals surface area contributed by atoms with Crippen LogP contribution < -0.4 is 5.56 Å². The van der Waals surface area contributed by atoms with Crippen LogP contribution in [-0.4, -0.2) is 9.97 Å². The highest BCUT2D eigenvalue weighted by Crippen LogP contribution is 2.29. The maximum Gasteiger partial charge on any atom is 0.266 e. The Kier molecular flexibility index (Phi) is 5.74. The van der Waals surface area contributed by atoms with Gasteiger partial charge in [0.1, 0.15) is 0 Å². The molecule has 0 saturated carbocycles. The van der Waals surface area contributed by atoms with Crippen molar-refractivity contribution < 1.29 is 0 Å². The van der Waals surface area contributed by atoms with E-state index in [-0.39, 0.29) is 5.56 Å². The van der Waals surface area contributed by atoms with Crippen LogP contribution in [0.1, 0.15) is 0 Å². The first-order chi connectivity index (χ1) is 11.1. The van der Waals surface area contributed by atoms with Crippen molar-refractivity contribution in [2.75, 3.05) is 0 Å². The Morgan fingerprint density at radius 1 is 0.826 bits per heavy atom. The molecule has 1 aromatic heterocycles. The van der Waals surface area contributed by atoms with Crippen molar-refractivity contribution in [2.45, 2.75) is 0 Å². The largest absolute Gasteiger partial charge is 0.319 e. The number of aromatic nitrogens is 2. The Labute approximate surface area is 144 Å². The molecule has 2 aromatic carbocycles. The van der Waals surface area contributed by atoms with Gasteiger partial charge >= 0.3 is 0 Å². The van der Waals surface area contributed by atoms with E-state index in [4.69, 9.17) is 23.2 Å². The Bertz CT molecular complexity index is 840. The first-order valence-electron chi connectivity index (χ1n) is 6.75. The molecule has 0 radical (unpaired) electrons. The van der Waals surface area contributed by atoms with Gasteiger partial charge in [-0.05, 0) is 24.3 Å². The molecule has 0 atom stereocenters. The molecule has 1 N–H and O–H groups in total. The minimum atomic E-state index is -0.252. The number of H-pyrrole nitrogens is 1. The maximum absolute atomic E-state index is 11.6. The van der Waals surface area contributed by atoms with Crippen LogP contribution in [0, 0.1) is 0 Å². The van der Waals surface area contributed by atoms with Crippen LogP contribution in [0.15, 0.2) is 72.7 Å². The van der Waals surface area contributed by atoms with E-state index in [0.717, 1.165) is 11.1 Å². The molecule has 0 unspecified atom stereocenters. The lowest BCUT2D eigenvalue weighted by molar-refractivity contribution is 1.15. The molecule has 0 bridgehead atoms. The lowest BCUT2D eigenvalue weighted by Gasteiger charge is -2.08. The zero-order valence-corrected chi connectivity index (χ0v) is 13.7. The molecule has 1 heterocycles. The van der Waals surface area contributed by atoms with Crippen LogP contribution in [0.4, 0.5) is 0 Å². The SMILES string of the molecule is C=C.O=c1cnc(-c2ccc(Cl)cc2)c(-c2ccc(Cl)cc2)[nH]1.